The average molecular weight is 276 g/mol. The Morgan fingerprint density at radius 1 is 1.60 bits per heavy atom. The van der Waals surface area contributed by atoms with Gasteiger partial charge in [-0.2, -0.15) is 0 Å². The lowest BCUT2D eigenvalue weighted by atomic mass is 10.1. The van der Waals surface area contributed by atoms with Crippen LogP contribution in [0.4, 0.5) is 0 Å². The second kappa shape index (κ2) is 5.32. The van der Waals surface area contributed by atoms with Gasteiger partial charge in [-0.05, 0) is 48.3 Å². The van der Waals surface area contributed by atoms with Gasteiger partial charge >= 0.3 is 0 Å². The van der Waals surface area contributed by atoms with E-state index in [-0.39, 0.29) is 17.7 Å². The van der Waals surface area contributed by atoms with Crippen molar-refractivity contribution in [2.75, 3.05) is 0 Å². The van der Waals surface area contributed by atoms with Crippen LogP contribution in [0.25, 0.3) is 0 Å². The summed E-state index contributed by atoms with van der Waals surface area (Å²) in [6, 6.07) is 3.17. The molecule has 0 bridgehead atoms. The van der Waals surface area contributed by atoms with Gasteiger partial charge in [-0.15, -0.1) is 0 Å². The highest BCUT2D eigenvalue weighted by molar-refractivity contribution is 9.10. The van der Waals surface area contributed by atoms with Crippen molar-refractivity contribution in [1.82, 2.24) is 5.32 Å². The van der Waals surface area contributed by atoms with E-state index in [0.717, 1.165) is 0 Å². The Morgan fingerprint density at radius 2 is 2.27 bits per heavy atom. The van der Waals surface area contributed by atoms with E-state index in [2.05, 4.69) is 21.2 Å². The summed E-state index contributed by atoms with van der Waals surface area (Å²) < 4.78 is 5.62. The minimum Gasteiger partial charge on any atom is -0.444 e. The average Bonchev–Trinajstić information content (AvgIpc) is 2.49. The van der Waals surface area contributed by atoms with Crippen LogP contribution < -0.4 is 5.32 Å². The summed E-state index contributed by atoms with van der Waals surface area (Å²) in [5.74, 6) is -0.00633. The predicted molar refractivity (Wildman–Crippen MR) is 59.6 cm³/mol. The van der Waals surface area contributed by atoms with Gasteiger partial charge in [-0.1, -0.05) is 0 Å². The molecule has 0 aliphatic carbocycles. The molecule has 15 heavy (non-hydrogen) atoms. The van der Waals surface area contributed by atoms with Crippen LogP contribution in [-0.4, -0.2) is 23.2 Å². The zero-order chi connectivity index (χ0) is 11.4. The Labute approximate surface area is 96.8 Å². The third kappa shape index (κ3) is 4.05. The Morgan fingerprint density at radius 3 is 2.73 bits per heavy atom. The molecule has 1 rings (SSSR count). The van der Waals surface area contributed by atoms with Gasteiger partial charge in [0.15, 0.2) is 10.4 Å². The molecule has 84 valence electrons. The number of aliphatic hydroxyl groups excluding tert-OH is 1. The second-order valence-electron chi connectivity index (χ2n) is 3.56. The van der Waals surface area contributed by atoms with Crippen LogP contribution in [0.15, 0.2) is 21.2 Å². The summed E-state index contributed by atoms with van der Waals surface area (Å²) in [6.07, 6.45) is 0.0943. The lowest BCUT2D eigenvalue weighted by molar-refractivity contribution is 0.0894. The van der Waals surface area contributed by atoms with Crippen LogP contribution in [0.1, 0.15) is 30.8 Å². The molecule has 0 aliphatic rings. The number of carbonyl (C=O) groups is 1. The standard InChI is InChI=1S/C10H14BrNO3/c1-6(5-7(2)13)12-10(14)8-3-4-9(11)15-8/h3-4,6-7,13H,5H2,1-2H3,(H,12,14). The van der Waals surface area contributed by atoms with Crippen molar-refractivity contribution < 1.29 is 14.3 Å². The highest BCUT2D eigenvalue weighted by atomic mass is 79.9. The van der Waals surface area contributed by atoms with Crippen molar-refractivity contribution in [2.45, 2.75) is 32.4 Å². The first kappa shape index (κ1) is 12.3. The first-order chi connectivity index (χ1) is 6.99. The molecular weight excluding hydrogens is 262 g/mol. The molecule has 2 unspecified atom stereocenters. The highest BCUT2D eigenvalue weighted by Gasteiger charge is 2.14. The maximum Gasteiger partial charge on any atom is 0.287 e. The maximum absolute atomic E-state index is 11.5. The lowest BCUT2D eigenvalue weighted by Crippen LogP contribution is -2.34. The summed E-state index contributed by atoms with van der Waals surface area (Å²) >= 11 is 3.12. The molecule has 0 aromatic carbocycles. The summed E-state index contributed by atoms with van der Waals surface area (Å²) in [5.41, 5.74) is 0. The van der Waals surface area contributed by atoms with Crippen molar-refractivity contribution in [3.05, 3.63) is 22.6 Å². The Hall–Kier alpha value is -0.810. The number of hydrogen-bond donors (Lipinski definition) is 2. The molecule has 2 atom stereocenters. The van der Waals surface area contributed by atoms with E-state index in [9.17, 15) is 4.79 Å². The van der Waals surface area contributed by atoms with Crippen molar-refractivity contribution >= 4 is 21.8 Å². The first-order valence-electron chi connectivity index (χ1n) is 4.73. The van der Waals surface area contributed by atoms with Crippen LogP contribution in [0.5, 0.6) is 0 Å². The number of furan rings is 1. The van der Waals surface area contributed by atoms with Crippen molar-refractivity contribution in [1.29, 1.82) is 0 Å². The normalized spacial score (nSPS) is 14.7. The van der Waals surface area contributed by atoms with Crippen LogP contribution in [-0.2, 0) is 0 Å². The van der Waals surface area contributed by atoms with Crippen molar-refractivity contribution in [2.24, 2.45) is 0 Å². The molecule has 0 saturated heterocycles. The van der Waals surface area contributed by atoms with Crippen molar-refractivity contribution in [3.8, 4) is 0 Å². The fourth-order valence-corrected chi connectivity index (χ4v) is 1.61. The first-order valence-corrected chi connectivity index (χ1v) is 5.52. The van der Waals surface area contributed by atoms with Gasteiger partial charge in [0.25, 0.3) is 5.91 Å². The fraction of sp³-hybridized carbons (Fsp3) is 0.500. The van der Waals surface area contributed by atoms with Crippen LogP contribution >= 0.6 is 15.9 Å². The third-order valence-electron chi connectivity index (χ3n) is 1.87. The molecule has 1 aromatic rings. The number of hydrogen-bond acceptors (Lipinski definition) is 3. The Bertz CT molecular complexity index is 335. The summed E-state index contributed by atoms with van der Waals surface area (Å²) in [4.78, 5) is 11.5. The smallest absolute Gasteiger partial charge is 0.287 e. The van der Waals surface area contributed by atoms with Gasteiger partial charge in [-0.3, -0.25) is 4.79 Å². The molecule has 0 radical (unpaired) electrons. The summed E-state index contributed by atoms with van der Waals surface area (Å²) in [6.45, 7) is 3.52. The molecule has 0 aliphatic heterocycles. The molecule has 1 aromatic heterocycles. The fourth-order valence-electron chi connectivity index (χ4n) is 1.30. The Kier molecular flexibility index (Phi) is 4.35. The van der Waals surface area contributed by atoms with Gasteiger partial charge in [0, 0.05) is 6.04 Å². The Balaban J connectivity index is 2.49. The molecule has 1 amide bonds. The molecule has 0 saturated carbocycles. The van der Waals surface area contributed by atoms with E-state index < -0.39 is 6.10 Å². The SMILES string of the molecule is CC(O)CC(C)NC(=O)c1ccc(Br)o1. The van der Waals surface area contributed by atoms with E-state index in [4.69, 9.17) is 9.52 Å². The molecule has 0 fully saturated rings. The number of rotatable bonds is 4. The quantitative estimate of drug-likeness (QED) is 0.883. The number of halogens is 1. The zero-order valence-electron chi connectivity index (χ0n) is 8.66. The van der Waals surface area contributed by atoms with Crippen molar-refractivity contribution in [3.63, 3.8) is 0 Å². The highest BCUT2D eigenvalue weighted by Crippen LogP contribution is 2.14. The van der Waals surface area contributed by atoms with E-state index in [0.29, 0.717) is 11.1 Å². The summed E-state index contributed by atoms with van der Waals surface area (Å²) in [5, 5.41) is 11.9. The number of aliphatic hydroxyl groups is 1. The van der Waals surface area contributed by atoms with Gasteiger partial charge < -0.3 is 14.8 Å². The number of carbonyl (C=O) groups excluding carboxylic acids is 1. The third-order valence-corrected chi connectivity index (χ3v) is 2.30. The monoisotopic (exact) mass is 275 g/mol. The molecule has 0 spiro atoms. The largest absolute Gasteiger partial charge is 0.444 e. The van der Waals surface area contributed by atoms with Gasteiger partial charge in [0.05, 0.1) is 6.10 Å². The molecule has 2 N–H and O–H groups in total. The van der Waals surface area contributed by atoms with Gasteiger partial charge in [-0.25, -0.2) is 0 Å². The minimum atomic E-state index is -0.427. The lowest BCUT2D eigenvalue weighted by Gasteiger charge is -2.14. The topological polar surface area (TPSA) is 62.5 Å². The van der Waals surface area contributed by atoms with E-state index in [1.807, 2.05) is 6.92 Å². The molecule has 5 heteroatoms. The maximum atomic E-state index is 11.5. The van der Waals surface area contributed by atoms with Gasteiger partial charge in [0.1, 0.15) is 0 Å². The van der Waals surface area contributed by atoms with Crippen LogP contribution in [0.2, 0.25) is 0 Å². The van der Waals surface area contributed by atoms with E-state index in [1.54, 1.807) is 19.1 Å². The van der Waals surface area contributed by atoms with Crippen LogP contribution in [0.3, 0.4) is 0 Å². The van der Waals surface area contributed by atoms with Crippen LogP contribution in [0, 0.1) is 0 Å². The molecular formula is C10H14BrNO3. The summed E-state index contributed by atoms with van der Waals surface area (Å²) in [7, 11) is 0. The predicted octanol–water partition coefficient (Wildman–Crippen LogP) is 1.93. The van der Waals surface area contributed by atoms with E-state index >= 15 is 0 Å². The molecule has 1 heterocycles. The number of amides is 1. The van der Waals surface area contributed by atoms with Gasteiger partial charge in [0.2, 0.25) is 0 Å². The van der Waals surface area contributed by atoms with E-state index in [1.165, 1.54) is 0 Å². The second-order valence-corrected chi connectivity index (χ2v) is 4.34. The zero-order valence-corrected chi connectivity index (χ0v) is 10.2. The number of nitrogens with one attached hydrogen (secondary N) is 1. The minimum absolute atomic E-state index is 0.0821. The molecule has 4 nitrogen and oxygen atoms in total.